The van der Waals surface area contributed by atoms with Gasteiger partial charge in [-0.2, -0.15) is 0 Å². The fourth-order valence-electron chi connectivity index (χ4n) is 3.15. The molecule has 0 fully saturated rings. The average molecular weight is 453 g/mol. The van der Waals surface area contributed by atoms with Crippen LogP contribution in [0, 0.1) is 6.92 Å². The molecule has 2 aromatic carbocycles. The van der Waals surface area contributed by atoms with Crippen molar-refractivity contribution in [1.82, 2.24) is 0 Å². The molecule has 1 heterocycles. The zero-order valence-corrected chi connectivity index (χ0v) is 18.9. The van der Waals surface area contributed by atoms with E-state index in [-0.39, 0.29) is 22.9 Å². The maximum Gasteiger partial charge on any atom is 0.341 e. The van der Waals surface area contributed by atoms with Crippen LogP contribution in [0.25, 0.3) is 0 Å². The van der Waals surface area contributed by atoms with Gasteiger partial charge in [0.25, 0.3) is 5.91 Å². The molecule has 1 aromatic heterocycles. The molecule has 0 saturated carbocycles. The van der Waals surface area contributed by atoms with Gasteiger partial charge in [0.15, 0.2) is 0 Å². The van der Waals surface area contributed by atoms with E-state index in [0.29, 0.717) is 28.5 Å². The predicted octanol–water partition coefficient (Wildman–Crippen LogP) is 4.68. The molecule has 3 aromatic rings. The van der Waals surface area contributed by atoms with E-state index in [1.54, 1.807) is 25.1 Å². The average Bonchev–Trinajstić information content (AvgIpc) is 3.11. The standard InChI is InChI=1S/C24H24N2O5S/c1-4-31-18-13-9-8-12-17(18)25-22(28)21-15(2)20(24(29)30-3)23(32-21)26-19(27)14-16-10-6-5-7-11-16/h5-13H,4,14H2,1-3H3,(H,25,28)(H,26,27). The Kier molecular flexibility index (Phi) is 7.62. The normalized spacial score (nSPS) is 10.3. The number of thiophene rings is 1. The second-order valence-corrected chi connectivity index (χ2v) is 7.87. The Morgan fingerprint density at radius 3 is 2.34 bits per heavy atom. The van der Waals surface area contributed by atoms with Crippen LogP contribution in [0.5, 0.6) is 5.75 Å². The van der Waals surface area contributed by atoms with E-state index < -0.39 is 11.9 Å². The predicted molar refractivity (Wildman–Crippen MR) is 125 cm³/mol. The van der Waals surface area contributed by atoms with Crippen molar-refractivity contribution in [3.63, 3.8) is 0 Å². The van der Waals surface area contributed by atoms with E-state index in [2.05, 4.69) is 10.6 Å². The lowest BCUT2D eigenvalue weighted by atomic mass is 10.1. The Labute approximate surface area is 190 Å². The van der Waals surface area contributed by atoms with Crippen LogP contribution in [0.15, 0.2) is 54.6 Å². The molecule has 0 aliphatic heterocycles. The van der Waals surface area contributed by atoms with Crippen LogP contribution in [0.1, 0.15) is 38.1 Å². The number of methoxy groups -OCH3 is 1. The highest BCUT2D eigenvalue weighted by Gasteiger charge is 2.26. The van der Waals surface area contributed by atoms with Gasteiger partial charge < -0.3 is 20.1 Å². The lowest BCUT2D eigenvalue weighted by Crippen LogP contribution is -2.16. The van der Waals surface area contributed by atoms with Gasteiger partial charge >= 0.3 is 5.97 Å². The van der Waals surface area contributed by atoms with Gasteiger partial charge in [0, 0.05) is 0 Å². The summed E-state index contributed by atoms with van der Waals surface area (Å²) >= 11 is 1.03. The molecule has 0 spiro atoms. The zero-order valence-electron chi connectivity index (χ0n) is 18.1. The highest BCUT2D eigenvalue weighted by molar-refractivity contribution is 7.19. The molecule has 0 atom stereocenters. The van der Waals surface area contributed by atoms with Crippen molar-refractivity contribution in [2.75, 3.05) is 24.4 Å². The van der Waals surface area contributed by atoms with E-state index in [9.17, 15) is 14.4 Å². The monoisotopic (exact) mass is 452 g/mol. The van der Waals surface area contributed by atoms with E-state index in [4.69, 9.17) is 9.47 Å². The summed E-state index contributed by atoms with van der Waals surface area (Å²) in [4.78, 5) is 38.3. The third-order valence-electron chi connectivity index (χ3n) is 4.64. The minimum Gasteiger partial charge on any atom is -0.492 e. The largest absolute Gasteiger partial charge is 0.492 e. The van der Waals surface area contributed by atoms with Crippen LogP contribution in [-0.2, 0) is 16.0 Å². The molecular weight excluding hydrogens is 428 g/mol. The van der Waals surface area contributed by atoms with Gasteiger partial charge in [-0.05, 0) is 37.1 Å². The molecule has 0 bridgehead atoms. The Hall–Kier alpha value is -3.65. The summed E-state index contributed by atoms with van der Waals surface area (Å²) in [5.74, 6) is -0.783. The molecule has 8 heteroatoms. The summed E-state index contributed by atoms with van der Waals surface area (Å²) in [6.07, 6.45) is 0.141. The smallest absolute Gasteiger partial charge is 0.341 e. The Morgan fingerprint density at radius 2 is 1.66 bits per heavy atom. The van der Waals surface area contributed by atoms with E-state index in [0.717, 1.165) is 16.9 Å². The van der Waals surface area contributed by atoms with Crippen molar-refractivity contribution in [2.45, 2.75) is 20.3 Å². The topological polar surface area (TPSA) is 93.7 Å². The minimum atomic E-state index is -0.623. The summed E-state index contributed by atoms with van der Waals surface area (Å²) in [5, 5.41) is 5.86. The molecule has 0 saturated heterocycles. The number of ether oxygens (including phenoxy) is 2. The van der Waals surface area contributed by atoms with E-state index in [1.807, 2.05) is 43.3 Å². The Bertz CT molecular complexity index is 1120. The molecular formula is C24H24N2O5S. The van der Waals surface area contributed by atoms with Crippen molar-refractivity contribution in [1.29, 1.82) is 0 Å². The first kappa shape index (κ1) is 23.0. The first-order valence-electron chi connectivity index (χ1n) is 10.0. The lowest BCUT2D eigenvalue weighted by molar-refractivity contribution is -0.115. The molecule has 166 valence electrons. The van der Waals surface area contributed by atoms with Gasteiger partial charge in [-0.15, -0.1) is 11.3 Å². The van der Waals surface area contributed by atoms with Crippen LogP contribution in [0.3, 0.4) is 0 Å². The van der Waals surface area contributed by atoms with Gasteiger partial charge in [-0.25, -0.2) is 4.79 Å². The molecule has 0 aliphatic rings. The highest BCUT2D eigenvalue weighted by Crippen LogP contribution is 2.35. The van der Waals surface area contributed by atoms with E-state index in [1.165, 1.54) is 7.11 Å². The zero-order chi connectivity index (χ0) is 23.1. The molecule has 3 rings (SSSR count). The SMILES string of the molecule is CCOc1ccccc1NC(=O)c1sc(NC(=O)Cc2ccccc2)c(C(=O)OC)c1C. The number of rotatable bonds is 8. The Morgan fingerprint density at radius 1 is 0.969 bits per heavy atom. The molecule has 2 amide bonds. The number of hydrogen-bond donors (Lipinski definition) is 2. The van der Waals surface area contributed by atoms with Gasteiger partial charge in [-0.3, -0.25) is 9.59 Å². The molecule has 7 nitrogen and oxygen atoms in total. The summed E-state index contributed by atoms with van der Waals surface area (Å²) in [6, 6.07) is 16.3. The van der Waals surface area contributed by atoms with Crippen LogP contribution in [0.2, 0.25) is 0 Å². The lowest BCUT2D eigenvalue weighted by Gasteiger charge is -2.11. The third-order valence-corrected chi connectivity index (χ3v) is 5.84. The number of benzene rings is 2. The number of hydrogen-bond acceptors (Lipinski definition) is 6. The van der Waals surface area contributed by atoms with Crippen molar-refractivity contribution in [3.8, 4) is 5.75 Å². The summed E-state index contributed by atoms with van der Waals surface area (Å²) < 4.78 is 10.4. The molecule has 0 radical (unpaired) electrons. The molecule has 2 N–H and O–H groups in total. The van der Waals surface area contributed by atoms with Crippen LogP contribution in [0.4, 0.5) is 10.7 Å². The number of amides is 2. The second-order valence-electron chi connectivity index (χ2n) is 6.85. The fraction of sp³-hybridized carbons (Fsp3) is 0.208. The second kappa shape index (κ2) is 10.6. The number of carbonyl (C=O) groups is 3. The maximum absolute atomic E-state index is 13.0. The first-order chi connectivity index (χ1) is 15.4. The number of esters is 1. The van der Waals surface area contributed by atoms with E-state index >= 15 is 0 Å². The summed E-state index contributed by atoms with van der Waals surface area (Å²) in [5.41, 5.74) is 1.95. The molecule has 0 unspecified atom stereocenters. The van der Waals surface area contributed by atoms with Gasteiger partial charge in [0.1, 0.15) is 10.8 Å². The molecule has 0 aliphatic carbocycles. The quantitative estimate of drug-likeness (QED) is 0.484. The van der Waals surface area contributed by atoms with Crippen molar-refractivity contribution in [3.05, 3.63) is 76.2 Å². The van der Waals surface area contributed by atoms with Crippen LogP contribution < -0.4 is 15.4 Å². The fourth-order valence-corrected chi connectivity index (χ4v) is 4.25. The number of anilines is 2. The van der Waals surface area contributed by atoms with Crippen molar-refractivity contribution < 1.29 is 23.9 Å². The number of nitrogens with one attached hydrogen (secondary N) is 2. The van der Waals surface area contributed by atoms with Gasteiger partial charge in [-0.1, -0.05) is 42.5 Å². The van der Waals surface area contributed by atoms with Crippen LogP contribution in [-0.4, -0.2) is 31.5 Å². The van der Waals surface area contributed by atoms with Gasteiger partial charge in [0.05, 0.1) is 36.3 Å². The van der Waals surface area contributed by atoms with Crippen LogP contribution >= 0.6 is 11.3 Å². The maximum atomic E-state index is 13.0. The molecule has 32 heavy (non-hydrogen) atoms. The summed E-state index contributed by atoms with van der Waals surface area (Å²) in [7, 11) is 1.26. The van der Waals surface area contributed by atoms with Crippen molar-refractivity contribution >= 4 is 39.8 Å². The number of carbonyl (C=O) groups excluding carboxylic acids is 3. The number of para-hydroxylation sites is 2. The third kappa shape index (κ3) is 5.33. The van der Waals surface area contributed by atoms with Gasteiger partial charge in [0.2, 0.25) is 5.91 Å². The van der Waals surface area contributed by atoms with Crippen molar-refractivity contribution in [2.24, 2.45) is 0 Å². The highest BCUT2D eigenvalue weighted by atomic mass is 32.1. The Balaban J connectivity index is 1.87. The first-order valence-corrected chi connectivity index (χ1v) is 10.8. The minimum absolute atomic E-state index is 0.141. The summed E-state index contributed by atoms with van der Waals surface area (Å²) in [6.45, 7) is 3.96.